The van der Waals surface area contributed by atoms with Crippen molar-refractivity contribution in [3.05, 3.63) is 43.5 Å². The van der Waals surface area contributed by atoms with E-state index in [0.717, 1.165) is 31.9 Å². The zero-order valence-corrected chi connectivity index (χ0v) is 13.0. The van der Waals surface area contributed by atoms with Gasteiger partial charge in [-0.25, -0.2) is 0 Å². The van der Waals surface area contributed by atoms with Gasteiger partial charge in [0.1, 0.15) is 5.75 Å². The topological polar surface area (TPSA) is 50.5 Å². The first-order chi connectivity index (χ1) is 10.2. The van der Waals surface area contributed by atoms with Gasteiger partial charge in [-0.15, -0.1) is 0 Å². The summed E-state index contributed by atoms with van der Waals surface area (Å²) in [6.45, 7) is 13.6. The zero-order valence-electron chi connectivity index (χ0n) is 13.0. The van der Waals surface area contributed by atoms with Gasteiger partial charge in [-0.05, 0) is 32.0 Å². The third-order valence-corrected chi connectivity index (χ3v) is 3.17. The van der Waals surface area contributed by atoms with E-state index in [2.05, 4.69) is 29.4 Å². The highest BCUT2D eigenvalue weighted by molar-refractivity contribution is 5.62. The van der Waals surface area contributed by atoms with E-state index < -0.39 is 0 Å². The van der Waals surface area contributed by atoms with Crippen LogP contribution in [-0.2, 0) is 0 Å². The van der Waals surface area contributed by atoms with Crippen molar-refractivity contribution in [1.29, 1.82) is 0 Å². The summed E-state index contributed by atoms with van der Waals surface area (Å²) in [6, 6.07) is 6.05. The van der Waals surface area contributed by atoms with Crippen molar-refractivity contribution in [2.75, 3.05) is 43.4 Å². The van der Waals surface area contributed by atoms with Gasteiger partial charge in [0.25, 0.3) is 0 Å². The molecule has 116 valence electrons. The highest BCUT2D eigenvalue weighted by atomic mass is 16.5. The molecule has 1 heterocycles. The summed E-state index contributed by atoms with van der Waals surface area (Å²) in [5, 5.41) is 3.40. The lowest BCUT2D eigenvalue weighted by atomic mass is 10.2. The molecule has 2 rings (SSSR count). The lowest BCUT2D eigenvalue weighted by Gasteiger charge is -2.23. The minimum Gasteiger partial charge on any atom is -0.492 e. The SMILES string of the molecule is C=CC=C.CCOc1cc(N2CCCNCC2)ccc1N. The van der Waals surface area contributed by atoms with Crippen LogP contribution in [0.15, 0.2) is 43.5 Å². The number of benzene rings is 1. The molecule has 1 saturated heterocycles. The molecular weight excluding hydrogens is 262 g/mol. The second-order valence-corrected chi connectivity index (χ2v) is 4.72. The molecule has 0 radical (unpaired) electrons. The van der Waals surface area contributed by atoms with Gasteiger partial charge >= 0.3 is 0 Å². The van der Waals surface area contributed by atoms with E-state index in [1.807, 2.05) is 19.1 Å². The Morgan fingerprint density at radius 1 is 1.29 bits per heavy atom. The van der Waals surface area contributed by atoms with Gasteiger partial charge in [-0.3, -0.25) is 0 Å². The first-order valence-electron chi connectivity index (χ1n) is 7.44. The molecule has 1 aromatic carbocycles. The van der Waals surface area contributed by atoms with Gasteiger partial charge < -0.3 is 20.7 Å². The second-order valence-electron chi connectivity index (χ2n) is 4.72. The van der Waals surface area contributed by atoms with E-state index in [4.69, 9.17) is 10.5 Å². The molecule has 0 spiro atoms. The van der Waals surface area contributed by atoms with Crippen LogP contribution in [0.5, 0.6) is 5.75 Å². The van der Waals surface area contributed by atoms with Gasteiger partial charge in [0.05, 0.1) is 12.3 Å². The number of nitrogens with two attached hydrogens (primary N) is 1. The van der Waals surface area contributed by atoms with Crippen LogP contribution in [0.25, 0.3) is 0 Å². The molecule has 1 aromatic rings. The Bertz CT molecular complexity index is 432. The molecule has 1 aliphatic heterocycles. The van der Waals surface area contributed by atoms with Crippen LogP contribution < -0.4 is 20.7 Å². The Kier molecular flexibility index (Phi) is 8.05. The van der Waals surface area contributed by atoms with E-state index in [1.165, 1.54) is 12.1 Å². The average Bonchev–Trinajstić information content (AvgIpc) is 2.79. The quantitative estimate of drug-likeness (QED) is 0.661. The third-order valence-electron chi connectivity index (χ3n) is 3.17. The standard InChI is InChI=1S/C13H21N3O.C4H6/c1-2-17-13-10-11(4-5-12(13)14)16-8-3-6-15-7-9-16;1-3-4-2/h4-5,10,15H,2-3,6-9,14H2,1H3;3-4H,1-2H2. The molecule has 0 bridgehead atoms. The van der Waals surface area contributed by atoms with Crippen molar-refractivity contribution in [2.45, 2.75) is 13.3 Å². The molecule has 0 saturated carbocycles. The number of hydrogen-bond acceptors (Lipinski definition) is 4. The number of nitrogen functional groups attached to an aromatic ring is 1. The fraction of sp³-hybridized carbons (Fsp3) is 0.412. The Balaban J connectivity index is 0.000000491. The Labute approximate surface area is 128 Å². The van der Waals surface area contributed by atoms with Crippen LogP contribution in [0.1, 0.15) is 13.3 Å². The number of nitrogens with zero attached hydrogens (tertiary/aromatic N) is 1. The molecule has 4 heteroatoms. The maximum absolute atomic E-state index is 5.88. The van der Waals surface area contributed by atoms with Crippen LogP contribution >= 0.6 is 0 Å². The maximum atomic E-state index is 5.88. The Hall–Kier alpha value is -1.94. The Morgan fingerprint density at radius 2 is 2.05 bits per heavy atom. The lowest BCUT2D eigenvalue weighted by Crippen LogP contribution is -2.27. The maximum Gasteiger partial charge on any atom is 0.144 e. The number of rotatable bonds is 4. The molecule has 0 aliphatic carbocycles. The van der Waals surface area contributed by atoms with E-state index in [0.29, 0.717) is 12.3 Å². The fourth-order valence-corrected chi connectivity index (χ4v) is 2.10. The second kappa shape index (κ2) is 9.88. The van der Waals surface area contributed by atoms with Crippen LogP contribution in [0.2, 0.25) is 0 Å². The third kappa shape index (κ3) is 5.92. The number of ether oxygens (including phenoxy) is 1. The summed E-state index contributed by atoms with van der Waals surface area (Å²) in [5.41, 5.74) is 7.79. The molecular formula is C17H27N3O. The number of hydrogen-bond donors (Lipinski definition) is 2. The van der Waals surface area contributed by atoms with Crippen LogP contribution in [0.3, 0.4) is 0 Å². The van der Waals surface area contributed by atoms with Crippen molar-refractivity contribution < 1.29 is 4.74 Å². The van der Waals surface area contributed by atoms with Gasteiger partial charge in [0, 0.05) is 31.4 Å². The van der Waals surface area contributed by atoms with E-state index >= 15 is 0 Å². The predicted octanol–water partition coefficient (Wildman–Crippen LogP) is 2.83. The largest absolute Gasteiger partial charge is 0.492 e. The number of anilines is 2. The minimum absolute atomic E-state index is 0.648. The van der Waals surface area contributed by atoms with Crippen molar-refractivity contribution in [3.8, 4) is 5.75 Å². The molecule has 3 N–H and O–H groups in total. The normalized spacial score (nSPS) is 14.4. The van der Waals surface area contributed by atoms with Gasteiger partial charge in [0.2, 0.25) is 0 Å². The van der Waals surface area contributed by atoms with Crippen molar-refractivity contribution in [2.24, 2.45) is 0 Å². The molecule has 4 nitrogen and oxygen atoms in total. The van der Waals surface area contributed by atoms with Crippen LogP contribution in [0.4, 0.5) is 11.4 Å². The molecule has 0 atom stereocenters. The van der Waals surface area contributed by atoms with Crippen molar-refractivity contribution in [3.63, 3.8) is 0 Å². The van der Waals surface area contributed by atoms with Crippen LogP contribution in [0, 0.1) is 0 Å². The minimum atomic E-state index is 0.648. The first-order valence-corrected chi connectivity index (χ1v) is 7.44. The highest BCUT2D eigenvalue weighted by Crippen LogP contribution is 2.28. The summed E-state index contributed by atoms with van der Waals surface area (Å²) >= 11 is 0. The fourth-order valence-electron chi connectivity index (χ4n) is 2.10. The molecule has 0 amide bonds. The molecule has 0 aromatic heterocycles. The first kappa shape index (κ1) is 17.1. The molecule has 1 fully saturated rings. The summed E-state index contributed by atoms with van der Waals surface area (Å²) in [6.07, 6.45) is 4.45. The highest BCUT2D eigenvalue weighted by Gasteiger charge is 2.11. The van der Waals surface area contributed by atoms with Gasteiger partial charge in [-0.2, -0.15) is 0 Å². The zero-order chi connectivity index (χ0) is 15.5. The number of allylic oxidation sites excluding steroid dienone is 2. The van der Waals surface area contributed by atoms with Gasteiger partial charge in [0.15, 0.2) is 0 Å². The summed E-state index contributed by atoms with van der Waals surface area (Å²) in [4.78, 5) is 2.38. The van der Waals surface area contributed by atoms with Crippen LogP contribution in [-0.4, -0.2) is 32.8 Å². The molecule has 0 unspecified atom stereocenters. The molecule has 21 heavy (non-hydrogen) atoms. The van der Waals surface area contributed by atoms with Crippen molar-refractivity contribution >= 4 is 11.4 Å². The molecule has 1 aliphatic rings. The smallest absolute Gasteiger partial charge is 0.144 e. The predicted molar refractivity (Wildman–Crippen MR) is 92.1 cm³/mol. The summed E-state index contributed by atoms with van der Waals surface area (Å²) < 4.78 is 5.53. The van der Waals surface area contributed by atoms with E-state index in [-0.39, 0.29) is 0 Å². The average molecular weight is 289 g/mol. The van der Waals surface area contributed by atoms with Gasteiger partial charge in [-0.1, -0.05) is 25.3 Å². The van der Waals surface area contributed by atoms with Crippen molar-refractivity contribution in [1.82, 2.24) is 5.32 Å². The number of nitrogens with one attached hydrogen (secondary N) is 1. The Morgan fingerprint density at radius 3 is 2.71 bits per heavy atom. The van der Waals surface area contributed by atoms with E-state index in [1.54, 1.807) is 12.2 Å². The summed E-state index contributed by atoms with van der Waals surface area (Å²) in [7, 11) is 0. The van der Waals surface area contributed by atoms with E-state index in [9.17, 15) is 0 Å². The lowest BCUT2D eigenvalue weighted by molar-refractivity contribution is 0.342. The monoisotopic (exact) mass is 289 g/mol. The summed E-state index contributed by atoms with van der Waals surface area (Å²) in [5.74, 6) is 0.794.